The van der Waals surface area contributed by atoms with Gasteiger partial charge < -0.3 is 0 Å². The molecule has 0 aromatic heterocycles. The van der Waals surface area contributed by atoms with Gasteiger partial charge in [-0.15, -0.1) is 0 Å². The Bertz CT molecular complexity index is 664. The Morgan fingerprint density at radius 3 is 2.55 bits per heavy atom. The zero-order valence-electron chi connectivity index (χ0n) is 13.4. The standard InChI is InChI=1S/C19H22N2Se/c1-14(2)21-13-18(16-9-5-4-6-10-16)22-19(21)20-17-11-7-8-15(3)12-17/h4-12,14,18H,13H2,1-3H3. The maximum atomic E-state index is 4.97. The third kappa shape index (κ3) is 3.43. The van der Waals surface area contributed by atoms with Crippen molar-refractivity contribution in [3.8, 4) is 0 Å². The zero-order chi connectivity index (χ0) is 15.5. The summed E-state index contributed by atoms with van der Waals surface area (Å²) in [5.74, 6) is 0. The first-order chi connectivity index (χ1) is 10.6. The van der Waals surface area contributed by atoms with E-state index >= 15 is 0 Å². The van der Waals surface area contributed by atoms with Crippen LogP contribution >= 0.6 is 0 Å². The van der Waals surface area contributed by atoms with Crippen molar-refractivity contribution >= 4 is 25.4 Å². The molecule has 3 rings (SSSR count). The molecule has 22 heavy (non-hydrogen) atoms. The molecular weight excluding hydrogens is 335 g/mol. The van der Waals surface area contributed by atoms with Gasteiger partial charge in [-0.25, -0.2) is 0 Å². The first-order valence-corrected chi connectivity index (χ1v) is 9.61. The number of amidine groups is 1. The molecule has 3 heteroatoms. The minimum atomic E-state index is 0.384. The van der Waals surface area contributed by atoms with E-state index in [1.807, 2.05) is 0 Å². The van der Waals surface area contributed by atoms with Crippen molar-refractivity contribution in [2.24, 2.45) is 4.99 Å². The number of nitrogens with zero attached hydrogens (tertiary/aromatic N) is 2. The van der Waals surface area contributed by atoms with E-state index in [-0.39, 0.29) is 0 Å². The quantitative estimate of drug-likeness (QED) is 0.754. The first-order valence-electron chi connectivity index (χ1n) is 7.77. The third-order valence-corrected chi connectivity index (χ3v) is 6.48. The van der Waals surface area contributed by atoms with E-state index in [1.54, 1.807) is 0 Å². The molecule has 0 spiro atoms. The van der Waals surface area contributed by atoms with Crippen molar-refractivity contribution in [3.63, 3.8) is 0 Å². The Balaban J connectivity index is 1.89. The van der Waals surface area contributed by atoms with Crippen molar-refractivity contribution in [3.05, 3.63) is 65.7 Å². The molecule has 1 heterocycles. The van der Waals surface area contributed by atoms with Gasteiger partial charge in [0, 0.05) is 0 Å². The van der Waals surface area contributed by atoms with Gasteiger partial charge in [-0.1, -0.05) is 0 Å². The normalized spacial score (nSPS) is 20.1. The van der Waals surface area contributed by atoms with Crippen molar-refractivity contribution in [2.75, 3.05) is 6.54 Å². The Kier molecular flexibility index (Phi) is 4.66. The number of rotatable bonds is 3. The van der Waals surface area contributed by atoms with Crippen LogP contribution in [0.25, 0.3) is 0 Å². The maximum absolute atomic E-state index is 4.97. The van der Waals surface area contributed by atoms with Crippen molar-refractivity contribution in [1.82, 2.24) is 4.90 Å². The molecule has 2 aromatic rings. The summed E-state index contributed by atoms with van der Waals surface area (Å²) in [5, 5.41) is 0. The second-order valence-corrected chi connectivity index (χ2v) is 8.45. The molecule has 2 aromatic carbocycles. The van der Waals surface area contributed by atoms with Gasteiger partial charge in [0.15, 0.2) is 0 Å². The monoisotopic (exact) mass is 358 g/mol. The fraction of sp³-hybridized carbons (Fsp3) is 0.316. The van der Waals surface area contributed by atoms with Crippen molar-refractivity contribution in [2.45, 2.75) is 31.6 Å². The van der Waals surface area contributed by atoms with Crippen LogP contribution in [0.15, 0.2) is 59.6 Å². The summed E-state index contributed by atoms with van der Waals surface area (Å²) >= 11 is 0.384. The summed E-state index contributed by atoms with van der Waals surface area (Å²) in [6, 6.07) is 19.8. The van der Waals surface area contributed by atoms with E-state index in [9.17, 15) is 0 Å². The molecule has 0 amide bonds. The Morgan fingerprint density at radius 2 is 1.86 bits per heavy atom. The second kappa shape index (κ2) is 6.68. The van der Waals surface area contributed by atoms with Crippen LogP contribution in [-0.4, -0.2) is 37.2 Å². The summed E-state index contributed by atoms with van der Waals surface area (Å²) in [4.78, 5) is 8.05. The molecule has 1 fully saturated rings. The number of hydrogen-bond acceptors (Lipinski definition) is 1. The summed E-state index contributed by atoms with van der Waals surface area (Å²) in [6.07, 6.45) is 0. The van der Waals surface area contributed by atoms with Gasteiger partial charge in [-0.05, 0) is 0 Å². The molecular formula is C19H22N2Se. The fourth-order valence-corrected chi connectivity index (χ4v) is 5.52. The Labute approximate surface area is 139 Å². The average molecular weight is 357 g/mol. The summed E-state index contributed by atoms with van der Waals surface area (Å²) in [6.45, 7) is 7.73. The predicted octanol–water partition coefficient (Wildman–Crippen LogP) is 4.15. The minimum absolute atomic E-state index is 0.384. The molecule has 0 aliphatic carbocycles. The molecule has 0 saturated carbocycles. The summed E-state index contributed by atoms with van der Waals surface area (Å²) < 4.78 is 1.28. The second-order valence-electron chi connectivity index (χ2n) is 6.00. The van der Waals surface area contributed by atoms with Crippen LogP contribution in [0.1, 0.15) is 29.8 Å². The van der Waals surface area contributed by atoms with Crippen molar-refractivity contribution < 1.29 is 0 Å². The van der Waals surface area contributed by atoms with Gasteiger partial charge in [0.25, 0.3) is 0 Å². The van der Waals surface area contributed by atoms with Crippen LogP contribution in [-0.2, 0) is 0 Å². The first kappa shape index (κ1) is 15.3. The van der Waals surface area contributed by atoms with Crippen LogP contribution in [0.4, 0.5) is 5.69 Å². The van der Waals surface area contributed by atoms with Crippen molar-refractivity contribution in [1.29, 1.82) is 0 Å². The van der Waals surface area contributed by atoms with Gasteiger partial charge in [-0.2, -0.15) is 0 Å². The summed E-state index contributed by atoms with van der Waals surface area (Å²) in [7, 11) is 0. The topological polar surface area (TPSA) is 15.6 Å². The zero-order valence-corrected chi connectivity index (χ0v) is 15.1. The molecule has 0 N–H and O–H groups in total. The van der Waals surface area contributed by atoms with E-state index < -0.39 is 0 Å². The molecule has 1 saturated heterocycles. The van der Waals surface area contributed by atoms with E-state index in [4.69, 9.17) is 4.99 Å². The summed E-state index contributed by atoms with van der Waals surface area (Å²) in [5.41, 5.74) is 3.79. The Hall–Kier alpha value is -1.57. The molecule has 0 bridgehead atoms. The number of hydrogen-bond donors (Lipinski definition) is 0. The van der Waals surface area contributed by atoms with Gasteiger partial charge in [0.2, 0.25) is 0 Å². The number of aryl methyl sites for hydroxylation is 1. The Morgan fingerprint density at radius 1 is 1.09 bits per heavy atom. The predicted molar refractivity (Wildman–Crippen MR) is 95.1 cm³/mol. The van der Waals surface area contributed by atoms with E-state index in [0.29, 0.717) is 25.8 Å². The van der Waals surface area contributed by atoms with Gasteiger partial charge >= 0.3 is 139 Å². The third-order valence-electron chi connectivity index (χ3n) is 3.88. The van der Waals surface area contributed by atoms with E-state index in [1.165, 1.54) is 15.9 Å². The van der Waals surface area contributed by atoms with E-state index in [0.717, 1.165) is 12.2 Å². The molecule has 2 nitrogen and oxygen atoms in total. The van der Waals surface area contributed by atoms with Gasteiger partial charge in [0.1, 0.15) is 0 Å². The molecule has 1 aliphatic rings. The molecule has 114 valence electrons. The van der Waals surface area contributed by atoms with Crippen LogP contribution in [0.3, 0.4) is 0 Å². The number of benzene rings is 2. The van der Waals surface area contributed by atoms with Crippen LogP contribution in [0.5, 0.6) is 0 Å². The molecule has 1 aliphatic heterocycles. The van der Waals surface area contributed by atoms with Crippen LogP contribution in [0, 0.1) is 6.92 Å². The fourth-order valence-electron chi connectivity index (χ4n) is 2.66. The molecule has 0 radical (unpaired) electrons. The van der Waals surface area contributed by atoms with E-state index in [2.05, 4.69) is 80.3 Å². The molecule has 1 atom stereocenters. The van der Waals surface area contributed by atoms with Crippen LogP contribution < -0.4 is 0 Å². The SMILES string of the molecule is Cc1cccc(N=C2[Se]C(c3ccccc3)CN2C(C)C)c1. The van der Waals surface area contributed by atoms with Gasteiger partial charge in [-0.3, -0.25) is 0 Å². The number of aliphatic imine (C=N–C) groups is 1. The van der Waals surface area contributed by atoms with Gasteiger partial charge in [0.05, 0.1) is 0 Å². The molecule has 1 unspecified atom stereocenters. The van der Waals surface area contributed by atoms with Crippen LogP contribution in [0.2, 0.25) is 0 Å². The average Bonchev–Trinajstić information content (AvgIpc) is 2.92.